The first kappa shape index (κ1) is 25.3. The zero-order valence-corrected chi connectivity index (χ0v) is 18.7. The monoisotopic (exact) mass is 464 g/mol. The number of hydrogen-bond acceptors (Lipinski definition) is 9. The molecule has 2 saturated heterocycles. The SMILES string of the molecule is CCOC(=O)NC1C=C(N2CCCC2)N=C(C2(CC)CCCCO2)N1OS(=O)(=O)O.O. The van der Waals surface area contributed by atoms with Crippen molar-refractivity contribution in [2.45, 2.75) is 64.1 Å². The van der Waals surface area contributed by atoms with Crippen molar-refractivity contribution in [2.24, 2.45) is 4.99 Å². The predicted molar refractivity (Wildman–Crippen MR) is 111 cm³/mol. The van der Waals surface area contributed by atoms with Crippen LogP contribution in [0.3, 0.4) is 0 Å². The highest BCUT2D eigenvalue weighted by Gasteiger charge is 2.46. The first-order valence-electron chi connectivity index (χ1n) is 10.4. The normalized spacial score (nSPS) is 26.6. The molecule has 0 aromatic rings. The van der Waals surface area contributed by atoms with Crippen LogP contribution in [0.5, 0.6) is 0 Å². The number of hydrogen-bond donors (Lipinski definition) is 2. The molecule has 178 valence electrons. The van der Waals surface area contributed by atoms with Gasteiger partial charge >= 0.3 is 16.5 Å². The van der Waals surface area contributed by atoms with E-state index in [0.29, 0.717) is 25.3 Å². The molecule has 12 nitrogen and oxygen atoms in total. The van der Waals surface area contributed by atoms with Gasteiger partial charge in [-0.1, -0.05) is 6.92 Å². The molecule has 1 amide bonds. The number of nitrogens with zero attached hydrogens (tertiary/aromatic N) is 3. The number of aliphatic imine (C=N–C) groups is 1. The van der Waals surface area contributed by atoms with Gasteiger partial charge in [0.1, 0.15) is 11.4 Å². The molecular weight excluding hydrogens is 432 g/mol. The second kappa shape index (κ2) is 10.6. The van der Waals surface area contributed by atoms with Gasteiger partial charge in [-0.2, -0.15) is 13.5 Å². The number of ether oxygens (including phenoxy) is 2. The molecule has 0 aromatic heterocycles. The van der Waals surface area contributed by atoms with E-state index < -0.39 is 28.3 Å². The third-order valence-corrected chi connectivity index (χ3v) is 5.82. The Bertz CT molecular complexity index is 788. The molecule has 3 rings (SSSR count). The first-order valence-corrected chi connectivity index (χ1v) is 11.7. The Morgan fingerprint density at radius 1 is 1.32 bits per heavy atom. The van der Waals surface area contributed by atoms with E-state index in [1.54, 1.807) is 13.0 Å². The van der Waals surface area contributed by atoms with Crippen LogP contribution in [-0.2, 0) is 24.2 Å². The Kier molecular flexibility index (Phi) is 8.65. The Morgan fingerprint density at radius 2 is 2.03 bits per heavy atom. The van der Waals surface area contributed by atoms with E-state index in [1.165, 1.54) is 0 Å². The third kappa shape index (κ3) is 6.07. The van der Waals surface area contributed by atoms with Crippen LogP contribution in [-0.4, -0.2) is 78.4 Å². The average Bonchev–Trinajstić information content (AvgIpc) is 3.23. The predicted octanol–water partition coefficient (Wildman–Crippen LogP) is 0.969. The molecule has 0 saturated carbocycles. The number of carbonyl (C=O) groups is 1. The van der Waals surface area contributed by atoms with Crippen LogP contribution in [0.25, 0.3) is 0 Å². The van der Waals surface area contributed by atoms with Crippen molar-refractivity contribution in [1.82, 2.24) is 15.3 Å². The summed E-state index contributed by atoms with van der Waals surface area (Å²) < 4.78 is 48.6. The van der Waals surface area contributed by atoms with E-state index in [0.717, 1.165) is 43.8 Å². The number of nitrogens with one attached hydrogen (secondary N) is 1. The van der Waals surface area contributed by atoms with Gasteiger partial charge in [0.2, 0.25) is 0 Å². The van der Waals surface area contributed by atoms with E-state index in [2.05, 4.69) is 10.2 Å². The molecule has 0 spiro atoms. The highest BCUT2D eigenvalue weighted by atomic mass is 32.3. The summed E-state index contributed by atoms with van der Waals surface area (Å²) in [6, 6.07) is 0. The van der Waals surface area contributed by atoms with Gasteiger partial charge in [-0.25, -0.2) is 9.79 Å². The van der Waals surface area contributed by atoms with Crippen LogP contribution in [0.15, 0.2) is 16.9 Å². The molecule has 31 heavy (non-hydrogen) atoms. The molecule has 3 aliphatic heterocycles. The van der Waals surface area contributed by atoms with Crippen molar-refractivity contribution in [3.8, 4) is 0 Å². The lowest BCUT2D eigenvalue weighted by atomic mass is 9.89. The van der Waals surface area contributed by atoms with E-state index in [-0.39, 0.29) is 17.9 Å². The van der Waals surface area contributed by atoms with Crippen LogP contribution < -0.4 is 5.32 Å². The van der Waals surface area contributed by atoms with E-state index in [4.69, 9.17) is 18.7 Å². The number of likely N-dealkylation sites (tertiary alicyclic amines) is 1. The molecule has 3 aliphatic rings. The quantitative estimate of drug-likeness (QED) is 0.523. The zero-order chi connectivity index (χ0) is 21.8. The molecule has 3 heterocycles. The molecule has 0 aromatic carbocycles. The second-order valence-corrected chi connectivity index (χ2v) is 8.45. The van der Waals surface area contributed by atoms with Crippen molar-refractivity contribution in [2.75, 3.05) is 26.3 Å². The minimum Gasteiger partial charge on any atom is -0.450 e. The van der Waals surface area contributed by atoms with Gasteiger partial charge in [-0.3, -0.25) is 9.87 Å². The molecule has 0 bridgehead atoms. The summed E-state index contributed by atoms with van der Waals surface area (Å²) in [5.41, 5.74) is -0.906. The van der Waals surface area contributed by atoms with Crippen LogP contribution in [0.1, 0.15) is 52.4 Å². The topological polar surface area (TPSA) is 161 Å². The number of carbonyl (C=O) groups excluding carboxylic acids is 1. The van der Waals surface area contributed by atoms with E-state index >= 15 is 0 Å². The van der Waals surface area contributed by atoms with Gasteiger partial charge in [0, 0.05) is 25.8 Å². The molecule has 13 heteroatoms. The largest absolute Gasteiger partial charge is 0.450 e. The molecule has 2 atom stereocenters. The summed E-state index contributed by atoms with van der Waals surface area (Å²) in [7, 11) is -4.89. The number of amides is 1. The lowest BCUT2D eigenvalue weighted by molar-refractivity contribution is -0.0811. The maximum atomic E-state index is 12.1. The number of hydroxylamine groups is 2. The van der Waals surface area contributed by atoms with Crippen LogP contribution >= 0.6 is 0 Å². The highest BCUT2D eigenvalue weighted by molar-refractivity contribution is 7.80. The maximum Gasteiger partial charge on any atom is 0.418 e. The van der Waals surface area contributed by atoms with E-state index in [9.17, 15) is 17.8 Å². The minimum absolute atomic E-state index is 0. The van der Waals surface area contributed by atoms with Gasteiger partial charge in [0.25, 0.3) is 0 Å². The van der Waals surface area contributed by atoms with Gasteiger partial charge in [0.15, 0.2) is 12.0 Å². The Morgan fingerprint density at radius 3 is 2.58 bits per heavy atom. The second-order valence-electron chi connectivity index (χ2n) is 7.45. The maximum absolute atomic E-state index is 12.1. The summed E-state index contributed by atoms with van der Waals surface area (Å²) in [5, 5.41) is 3.48. The van der Waals surface area contributed by atoms with Crippen LogP contribution in [0, 0.1) is 0 Å². The lowest BCUT2D eigenvalue weighted by Gasteiger charge is -2.44. The molecule has 0 radical (unpaired) electrons. The fraction of sp³-hybridized carbons (Fsp3) is 0.778. The molecule has 2 unspecified atom stereocenters. The number of rotatable bonds is 7. The van der Waals surface area contributed by atoms with Crippen molar-refractivity contribution < 1.29 is 37.0 Å². The fourth-order valence-corrected chi connectivity index (χ4v) is 4.37. The summed E-state index contributed by atoms with van der Waals surface area (Å²) in [6.45, 7) is 5.81. The summed E-state index contributed by atoms with van der Waals surface area (Å²) in [6.07, 6.45) is 4.66. The zero-order valence-electron chi connectivity index (χ0n) is 17.9. The molecule has 0 aliphatic carbocycles. The Hall–Kier alpha value is -1.93. The van der Waals surface area contributed by atoms with Crippen LogP contribution in [0.4, 0.5) is 4.79 Å². The smallest absolute Gasteiger partial charge is 0.418 e. The molecule has 4 N–H and O–H groups in total. The minimum atomic E-state index is -4.89. The first-order chi connectivity index (χ1) is 14.3. The number of alkyl carbamates (subject to hydrolysis) is 1. The van der Waals surface area contributed by atoms with Gasteiger partial charge < -0.3 is 19.8 Å². The Balaban J connectivity index is 0.00000341. The summed E-state index contributed by atoms with van der Waals surface area (Å²) in [5.74, 6) is 0.801. The standard InChI is InChI=1S/C18H30N4O7S.H2O/c1-3-18(9-5-8-12-28-18)16-19-14(21-10-6-7-11-21)13-15(20-17(23)27-4-2)22(16)29-30(24,25)26;/h13,15H,3-12H2,1-2H3,(H,20,23)(H,24,25,26);1H2. The van der Waals surface area contributed by atoms with Crippen molar-refractivity contribution in [3.05, 3.63) is 11.9 Å². The summed E-state index contributed by atoms with van der Waals surface area (Å²) >= 11 is 0. The van der Waals surface area contributed by atoms with E-state index in [1.807, 2.05) is 6.92 Å². The number of amidine groups is 1. The lowest BCUT2D eigenvalue weighted by Crippen LogP contribution is -2.60. The summed E-state index contributed by atoms with van der Waals surface area (Å²) in [4.78, 5) is 18.9. The van der Waals surface area contributed by atoms with Crippen LogP contribution in [0.2, 0.25) is 0 Å². The molecule has 2 fully saturated rings. The van der Waals surface area contributed by atoms with Crippen molar-refractivity contribution >= 4 is 22.3 Å². The third-order valence-electron chi connectivity index (χ3n) is 5.47. The average molecular weight is 465 g/mol. The van der Waals surface area contributed by atoms with Gasteiger partial charge in [-0.15, -0.1) is 4.28 Å². The fourth-order valence-electron chi connectivity index (χ4n) is 4.00. The van der Waals surface area contributed by atoms with Gasteiger partial charge in [-0.05, 0) is 45.4 Å². The van der Waals surface area contributed by atoms with Crippen molar-refractivity contribution in [3.63, 3.8) is 0 Å². The highest BCUT2D eigenvalue weighted by Crippen LogP contribution is 2.35. The molecular formula is C18H32N4O8S. The van der Waals surface area contributed by atoms with Gasteiger partial charge in [0.05, 0.1) is 6.61 Å². The Labute approximate surface area is 182 Å². The van der Waals surface area contributed by atoms with Crippen molar-refractivity contribution in [1.29, 1.82) is 0 Å².